The lowest BCUT2D eigenvalue weighted by molar-refractivity contribution is -0.143. The van der Waals surface area contributed by atoms with Gasteiger partial charge in [-0.15, -0.1) is 11.3 Å². The van der Waals surface area contributed by atoms with E-state index in [0.29, 0.717) is 19.3 Å². The fourth-order valence-corrected chi connectivity index (χ4v) is 2.92. The van der Waals surface area contributed by atoms with Crippen molar-refractivity contribution in [1.29, 1.82) is 0 Å². The van der Waals surface area contributed by atoms with Crippen LogP contribution >= 0.6 is 11.3 Å². The largest absolute Gasteiger partial charge is 0.481 e. The van der Waals surface area contributed by atoms with E-state index in [1.165, 1.54) is 11.3 Å². The molecule has 1 aliphatic heterocycles. The molecular weight excluding hydrogens is 250 g/mol. The number of carbonyl (C=O) groups excluding carboxylic acids is 1. The summed E-state index contributed by atoms with van der Waals surface area (Å²) in [6.07, 6.45) is 1.92. The Labute approximate surface area is 110 Å². The number of carbonyl (C=O) groups is 2. The lowest BCUT2D eigenvalue weighted by Crippen LogP contribution is -2.37. The molecule has 0 saturated carbocycles. The summed E-state index contributed by atoms with van der Waals surface area (Å²) >= 11 is 1.48. The molecule has 0 radical (unpaired) electrons. The number of rotatable bonds is 5. The molecule has 0 amide bonds. The van der Waals surface area contributed by atoms with Crippen LogP contribution in [-0.2, 0) is 4.79 Å². The van der Waals surface area contributed by atoms with Crippen molar-refractivity contribution in [2.24, 2.45) is 5.92 Å². The minimum absolute atomic E-state index is 0.186. The van der Waals surface area contributed by atoms with Crippen LogP contribution in [0, 0.1) is 5.92 Å². The second-order valence-electron chi connectivity index (χ2n) is 4.60. The number of carboxylic acids is 1. The predicted octanol–water partition coefficient (Wildman–Crippen LogP) is 2.12. The first-order valence-electron chi connectivity index (χ1n) is 6.18. The minimum Gasteiger partial charge on any atom is -0.481 e. The number of likely N-dealkylation sites (tertiary alicyclic amines) is 1. The van der Waals surface area contributed by atoms with Crippen molar-refractivity contribution < 1.29 is 14.7 Å². The monoisotopic (exact) mass is 267 g/mol. The molecular formula is C13H17NO3S. The van der Waals surface area contributed by atoms with Crippen molar-refractivity contribution >= 4 is 23.1 Å². The van der Waals surface area contributed by atoms with Crippen LogP contribution in [0.25, 0.3) is 0 Å². The number of ketones is 1. The highest BCUT2D eigenvalue weighted by Crippen LogP contribution is 2.18. The smallest absolute Gasteiger partial charge is 0.306 e. The zero-order valence-electron chi connectivity index (χ0n) is 10.2. The summed E-state index contributed by atoms with van der Waals surface area (Å²) < 4.78 is 0. The number of nitrogens with zero attached hydrogens (tertiary/aromatic N) is 1. The van der Waals surface area contributed by atoms with E-state index in [1.54, 1.807) is 0 Å². The quantitative estimate of drug-likeness (QED) is 0.830. The Bertz CT molecular complexity index is 408. The van der Waals surface area contributed by atoms with Gasteiger partial charge in [-0.25, -0.2) is 0 Å². The zero-order chi connectivity index (χ0) is 13.0. The Morgan fingerprint density at radius 3 is 2.67 bits per heavy atom. The van der Waals surface area contributed by atoms with Gasteiger partial charge in [0.25, 0.3) is 0 Å². The molecule has 18 heavy (non-hydrogen) atoms. The third-order valence-corrected chi connectivity index (χ3v) is 4.30. The first kappa shape index (κ1) is 13.2. The van der Waals surface area contributed by atoms with Gasteiger partial charge in [-0.2, -0.15) is 0 Å². The summed E-state index contributed by atoms with van der Waals surface area (Å²) in [5, 5.41) is 10.8. The molecule has 0 aliphatic carbocycles. The predicted molar refractivity (Wildman–Crippen MR) is 70.1 cm³/mol. The summed E-state index contributed by atoms with van der Waals surface area (Å²) in [6.45, 7) is 2.31. The van der Waals surface area contributed by atoms with Crippen molar-refractivity contribution in [2.75, 3.05) is 19.6 Å². The van der Waals surface area contributed by atoms with Gasteiger partial charge in [-0.05, 0) is 37.4 Å². The van der Waals surface area contributed by atoms with Crippen LogP contribution in [0.5, 0.6) is 0 Å². The number of thiophene rings is 1. The molecule has 0 atom stereocenters. The van der Waals surface area contributed by atoms with Crippen LogP contribution in [0.1, 0.15) is 28.9 Å². The normalized spacial score (nSPS) is 17.8. The number of hydrogen-bond acceptors (Lipinski definition) is 4. The fourth-order valence-electron chi connectivity index (χ4n) is 2.22. The summed E-state index contributed by atoms with van der Waals surface area (Å²) in [7, 11) is 0. The Morgan fingerprint density at radius 1 is 1.39 bits per heavy atom. The van der Waals surface area contributed by atoms with E-state index in [-0.39, 0.29) is 11.7 Å². The molecule has 2 rings (SSSR count). The summed E-state index contributed by atoms with van der Waals surface area (Å²) in [4.78, 5) is 25.6. The third-order valence-electron chi connectivity index (χ3n) is 3.39. The number of Topliss-reactive ketones (excluding diaryl/α,β-unsaturated/α-hetero) is 1. The number of aliphatic carboxylic acids is 1. The second kappa shape index (κ2) is 6.11. The molecule has 0 aromatic carbocycles. The molecule has 1 N–H and O–H groups in total. The summed E-state index contributed by atoms with van der Waals surface area (Å²) in [6, 6.07) is 3.74. The molecule has 2 heterocycles. The molecule has 5 heteroatoms. The highest BCUT2D eigenvalue weighted by Gasteiger charge is 2.24. The minimum atomic E-state index is -0.690. The van der Waals surface area contributed by atoms with Crippen LogP contribution in [0.3, 0.4) is 0 Å². The second-order valence-corrected chi connectivity index (χ2v) is 5.55. The average molecular weight is 267 g/mol. The van der Waals surface area contributed by atoms with Crippen LogP contribution in [0.4, 0.5) is 0 Å². The van der Waals surface area contributed by atoms with Gasteiger partial charge < -0.3 is 10.0 Å². The maximum atomic E-state index is 11.8. The molecule has 1 aliphatic rings. The van der Waals surface area contributed by atoms with Gasteiger partial charge in [0.05, 0.1) is 10.8 Å². The van der Waals surface area contributed by atoms with Crippen molar-refractivity contribution in [1.82, 2.24) is 4.90 Å². The highest BCUT2D eigenvalue weighted by molar-refractivity contribution is 7.12. The first-order chi connectivity index (χ1) is 8.66. The maximum Gasteiger partial charge on any atom is 0.306 e. The van der Waals surface area contributed by atoms with Crippen LogP contribution in [0.15, 0.2) is 17.5 Å². The Balaban J connectivity index is 1.72. The van der Waals surface area contributed by atoms with Gasteiger partial charge in [0.15, 0.2) is 5.78 Å². The number of hydrogen-bond donors (Lipinski definition) is 1. The van der Waals surface area contributed by atoms with E-state index in [9.17, 15) is 9.59 Å². The Hall–Kier alpha value is -1.20. The average Bonchev–Trinajstić information content (AvgIpc) is 2.90. The van der Waals surface area contributed by atoms with Crippen molar-refractivity contribution in [3.05, 3.63) is 22.4 Å². The highest BCUT2D eigenvalue weighted by atomic mass is 32.1. The molecule has 1 aromatic rings. The third kappa shape index (κ3) is 3.40. The van der Waals surface area contributed by atoms with E-state index in [0.717, 1.165) is 24.5 Å². The van der Waals surface area contributed by atoms with Gasteiger partial charge in [0.1, 0.15) is 0 Å². The van der Waals surface area contributed by atoms with Gasteiger partial charge >= 0.3 is 5.97 Å². The van der Waals surface area contributed by atoms with E-state index in [2.05, 4.69) is 4.90 Å². The Kier molecular flexibility index (Phi) is 4.49. The topological polar surface area (TPSA) is 57.6 Å². The molecule has 0 unspecified atom stereocenters. The van der Waals surface area contributed by atoms with Gasteiger partial charge in [0, 0.05) is 13.0 Å². The lowest BCUT2D eigenvalue weighted by atomic mass is 9.97. The molecule has 0 bridgehead atoms. The van der Waals surface area contributed by atoms with Gasteiger partial charge in [-0.3, -0.25) is 9.59 Å². The summed E-state index contributed by atoms with van der Waals surface area (Å²) in [5.74, 6) is -0.705. The van der Waals surface area contributed by atoms with Gasteiger partial charge in [0.2, 0.25) is 0 Å². The van der Waals surface area contributed by atoms with E-state index >= 15 is 0 Å². The number of carboxylic acid groups (broad SMARTS) is 1. The van der Waals surface area contributed by atoms with E-state index < -0.39 is 5.97 Å². The SMILES string of the molecule is O=C(CCN1CCC(C(=O)O)CC1)c1cccs1. The van der Waals surface area contributed by atoms with Crippen molar-refractivity contribution in [3.8, 4) is 0 Å². The van der Waals surface area contributed by atoms with Crippen molar-refractivity contribution in [2.45, 2.75) is 19.3 Å². The van der Waals surface area contributed by atoms with E-state index in [4.69, 9.17) is 5.11 Å². The van der Waals surface area contributed by atoms with E-state index in [1.807, 2.05) is 17.5 Å². The maximum absolute atomic E-state index is 11.8. The molecule has 0 spiro atoms. The summed E-state index contributed by atoms with van der Waals surface area (Å²) in [5.41, 5.74) is 0. The lowest BCUT2D eigenvalue weighted by Gasteiger charge is -2.29. The zero-order valence-corrected chi connectivity index (χ0v) is 11.0. The molecule has 1 fully saturated rings. The van der Waals surface area contributed by atoms with Gasteiger partial charge in [-0.1, -0.05) is 6.07 Å². The molecule has 4 nitrogen and oxygen atoms in total. The standard InChI is InChI=1S/C13H17NO3S/c15-11(12-2-1-9-18-12)5-8-14-6-3-10(4-7-14)13(16)17/h1-2,9-10H,3-8H2,(H,16,17). The molecule has 1 aromatic heterocycles. The van der Waals surface area contributed by atoms with Crippen LogP contribution in [-0.4, -0.2) is 41.4 Å². The Morgan fingerprint density at radius 2 is 2.11 bits per heavy atom. The molecule has 1 saturated heterocycles. The van der Waals surface area contributed by atoms with Crippen LogP contribution in [0.2, 0.25) is 0 Å². The fraction of sp³-hybridized carbons (Fsp3) is 0.538. The molecule has 98 valence electrons. The number of piperidine rings is 1. The van der Waals surface area contributed by atoms with Crippen LogP contribution < -0.4 is 0 Å². The van der Waals surface area contributed by atoms with Crippen molar-refractivity contribution in [3.63, 3.8) is 0 Å². The first-order valence-corrected chi connectivity index (χ1v) is 7.06.